The molecule has 0 saturated heterocycles. The summed E-state index contributed by atoms with van der Waals surface area (Å²) in [7, 11) is 1.51. The fraction of sp³-hybridized carbons (Fsp3) is 0.500. The molecular weight excluding hydrogens is 198 g/mol. The third-order valence-electron chi connectivity index (χ3n) is 1.89. The fourth-order valence-corrected chi connectivity index (χ4v) is 1.15. The number of amides is 1. The third-order valence-corrected chi connectivity index (χ3v) is 1.89. The van der Waals surface area contributed by atoms with Crippen LogP contribution in [-0.2, 0) is 4.74 Å². The lowest BCUT2D eigenvalue weighted by Crippen LogP contribution is -2.40. The van der Waals surface area contributed by atoms with Crippen LogP contribution in [0.2, 0.25) is 0 Å². The molecule has 1 aromatic heterocycles. The molecule has 0 saturated carbocycles. The number of ether oxygens (including phenoxy) is 1. The van der Waals surface area contributed by atoms with E-state index in [9.17, 15) is 4.79 Å². The summed E-state index contributed by atoms with van der Waals surface area (Å²) in [4.78, 5) is 11.5. The van der Waals surface area contributed by atoms with Crippen LogP contribution < -0.4 is 5.32 Å². The van der Waals surface area contributed by atoms with Crippen molar-refractivity contribution in [3.05, 3.63) is 23.7 Å². The summed E-state index contributed by atoms with van der Waals surface area (Å²) >= 11 is 0. The molecule has 15 heavy (non-hydrogen) atoms. The van der Waals surface area contributed by atoms with Crippen molar-refractivity contribution in [1.29, 1.82) is 0 Å². The summed E-state index contributed by atoms with van der Waals surface area (Å²) in [5.74, 6) is 0.564. The van der Waals surface area contributed by atoms with Gasteiger partial charge in [0.15, 0.2) is 5.76 Å². The maximum Gasteiger partial charge on any atom is 0.287 e. The molecule has 0 aliphatic rings. The number of aliphatic hydroxyl groups excluding tert-OH is 1. The Hall–Kier alpha value is -1.33. The van der Waals surface area contributed by atoms with Crippen molar-refractivity contribution in [2.75, 3.05) is 20.3 Å². The number of hydrogen-bond donors (Lipinski definition) is 2. The van der Waals surface area contributed by atoms with Crippen LogP contribution in [0.5, 0.6) is 0 Å². The number of carbonyl (C=O) groups is 1. The number of furan rings is 1. The fourth-order valence-electron chi connectivity index (χ4n) is 1.15. The zero-order valence-corrected chi connectivity index (χ0v) is 8.82. The molecule has 1 atom stereocenters. The van der Waals surface area contributed by atoms with Gasteiger partial charge in [0.2, 0.25) is 0 Å². The van der Waals surface area contributed by atoms with E-state index in [-0.39, 0.29) is 24.9 Å². The molecule has 0 spiro atoms. The first-order valence-corrected chi connectivity index (χ1v) is 4.64. The van der Waals surface area contributed by atoms with Crippen molar-refractivity contribution in [1.82, 2.24) is 5.32 Å². The number of aliphatic hydroxyl groups is 1. The van der Waals surface area contributed by atoms with Crippen molar-refractivity contribution in [3.8, 4) is 0 Å². The highest BCUT2D eigenvalue weighted by Gasteiger charge is 2.15. The molecule has 0 radical (unpaired) electrons. The molecular formula is C10H15NO4. The summed E-state index contributed by atoms with van der Waals surface area (Å²) in [5, 5.41) is 11.5. The second-order valence-corrected chi connectivity index (χ2v) is 3.22. The van der Waals surface area contributed by atoms with Crippen molar-refractivity contribution >= 4 is 5.91 Å². The van der Waals surface area contributed by atoms with Gasteiger partial charge >= 0.3 is 0 Å². The van der Waals surface area contributed by atoms with E-state index < -0.39 is 6.04 Å². The molecule has 0 bridgehead atoms. The van der Waals surface area contributed by atoms with E-state index in [2.05, 4.69) is 5.32 Å². The quantitative estimate of drug-likeness (QED) is 0.739. The average Bonchev–Trinajstić information content (AvgIpc) is 2.64. The van der Waals surface area contributed by atoms with Gasteiger partial charge in [0.05, 0.1) is 19.3 Å². The Morgan fingerprint density at radius 1 is 1.67 bits per heavy atom. The molecule has 1 unspecified atom stereocenters. The van der Waals surface area contributed by atoms with E-state index in [0.717, 1.165) is 0 Å². The van der Waals surface area contributed by atoms with Gasteiger partial charge < -0.3 is 19.6 Å². The monoisotopic (exact) mass is 213 g/mol. The minimum absolute atomic E-state index is 0.167. The van der Waals surface area contributed by atoms with Crippen LogP contribution >= 0.6 is 0 Å². The SMILES string of the molecule is COCC(CO)NC(=O)c1ccc(C)o1. The summed E-state index contributed by atoms with van der Waals surface area (Å²) in [5.41, 5.74) is 0. The van der Waals surface area contributed by atoms with E-state index >= 15 is 0 Å². The number of methoxy groups -OCH3 is 1. The van der Waals surface area contributed by atoms with Gasteiger partial charge in [-0.2, -0.15) is 0 Å². The van der Waals surface area contributed by atoms with Crippen LogP contribution in [0.15, 0.2) is 16.5 Å². The standard InChI is InChI=1S/C10H15NO4/c1-7-3-4-9(15-7)10(13)11-8(5-12)6-14-2/h3-4,8,12H,5-6H2,1-2H3,(H,11,13). The average molecular weight is 213 g/mol. The van der Waals surface area contributed by atoms with Crippen LogP contribution in [0.1, 0.15) is 16.3 Å². The highest BCUT2D eigenvalue weighted by atomic mass is 16.5. The Labute approximate surface area is 88.0 Å². The molecule has 0 aromatic carbocycles. The lowest BCUT2D eigenvalue weighted by atomic mass is 10.3. The molecule has 1 amide bonds. The van der Waals surface area contributed by atoms with E-state index in [4.69, 9.17) is 14.3 Å². The maximum atomic E-state index is 11.5. The molecule has 5 heteroatoms. The Morgan fingerprint density at radius 3 is 2.87 bits per heavy atom. The van der Waals surface area contributed by atoms with Crippen molar-refractivity contribution in [2.24, 2.45) is 0 Å². The Bertz CT molecular complexity index is 321. The van der Waals surface area contributed by atoms with Gasteiger partial charge in [-0.05, 0) is 19.1 Å². The summed E-state index contributed by atoms with van der Waals surface area (Å²) in [6, 6.07) is 2.89. The molecule has 1 heterocycles. The first-order valence-electron chi connectivity index (χ1n) is 4.64. The number of nitrogens with one attached hydrogen (secondary N) is 1. The lowest BCUT2D eigenvalue weighted by Gasteiger charge is -2.13. The van der Waals surface area contributed by atoms with E-state index in [1.807, 2.05) is 0 Å². The molecule has 0 fully saturated rings. The summed E-state index contributed by atoms with van der Waals surface area (Å²) < 4.78 is 9.97. The van der Waals surface area contributed by atoms with E-state index in [1.165, 1.54) is 7.11 Å². The molecule has 2 N–H and O–H groups in total. The van der Waals surface area contributed by atoms with Crippen LogP contribution in [0.4, 0.5) is 0 Å². The summed E-state index contributed by atoms with van der Waals surface area (Å²) in [6.45, 7) is 1.86. The predicted molar refractivity (Wildman–Crippen MR) is 53.7 cm³/mol. The topological polar surface area (TPSA) is 71.7 Å². The van der Waals surface area contributed by atoms with Crippen molar-refractivity contribution in [2.45, 2.75) is 13.0 Å². The van der Waals surface area contributed by atoms with Gasteiger partial charge in [0, 0.05) is 7.11 Å². The van der Waals surface area contributed by atoms with Crippen LogP contribution in [0.25, 0.3) is 0 Å². The van der Waals surface area contributed by atoms with Gasteiger partial charge in [-0.1, -0.05) is 0 Å². The lowest BCUT2D eigenvalue weighted by molar-refractivity contribution is 0.0813. The maximum absolute atomic E-state index is 11.5. The van der Waals surface area contributed by atoms with Crippen molar-refractivity contribution < 1.29 is 19.1 Å². The molecule has 84 valence electrons. The van der Waals surface area contributed by atoms with Gasteiger partial charge in [-0.25, -0.2) is 0 Å². The van der Waals surface area contributed by atoms with Crippen LogP contribution in [-0.4, -0.2) is 37.4 Å². The molecule has 5 nitrogen and oxygen atoms in total. The minimum Gasteiger partial charge on any atom is -0.456 e. The van der Waals surface area contributed by atoms with E-state index in [1.54, 1.807) is 19.1 Å². The zero-order valence-electron chi connectivity index (χ0n) is 8.82. The van der Waals surface area contributed by atoms with Crippen molar-refractivity contribution in [3.63, 3.8) is 0 Å². The smallest absolute Gasteiger partial charge is 0.287 e. The number of rotatable bonds is 5. The summed E-state index contributed by atoms with van der Waals surface area (Å²) in [6.07, 6.45) is 0. The second kappa shape index (κ2) is 5.53. The number of aryl methyl sites for hydroxylation is 1. The Balaban J connectivity index is 2.54. The number of carbonyl (C=O) groups excluding carboxylic acids is 1. The molecule has 1 rings (SSSR count). The minimum atomic E-state index is -0.409. The Kier molecular flexibility index (Phi) is 4.33. The highest BCUT2D eigenvalue weighted by molar-refractivity contribution is 5.91. The number of hydrogen-bond acceptors (Lipinski definition) is 4. The predicted octanol–water partition coefficient (Wildman–Crippen LogP) is 0.325. The first kappa shape index (κ1) is 11.7. The second-order valence-electron chi connectivity index (χ2n) is 3.22. The Morgan fingerprint density at radius 2 is 2.40 bits per heavy atom. The third kappa shape index (κ3) is 3.38. The van der Waals surface area contributed by atoms with Crippen LogP contribution in [0, 0.1) is 6.92 Å². The van der Waals surface area contributed by atoms with Gasteiger partial charge in [-0.15, -0.1) is 0 Å². The molecule has 1 aromatic rings. The highest BCUT2D eigenvalue weighted by Crippen LogP contribution is 2.06. The molecule has 0 aliphatic heterocycles. The normalized spacial score (nSPS) is 12.5. The molecule has 0 aliphatic carbocycles. The van der Waals surface area contributed by atoms with Crippen LogP contribution in [0.3, 0.4) is 0 Å². The van der Waals surface area contributed by atoms with Gasteiger partial charge in [0.1, 0.15) is 5.76 Å². The van der Waals surface area contributed by atoms with Gasteiger partial charge in [-0.3, -0.25) is 4.79 Å². The first-order chi connectivity index (χ1) is 7.17. The largest absolute Gasteiger partial charge is 0.456 e. The zero-order chi connectivity index (χ0) is 11.3. The van der Waals surface area contributed by atoms with E-state index in [0.29, 0.717) is 5.76 Å². The van der Waals surface area contributed by atoms with Gasteiger partial charge in [0.25, 0.3) is 5.91 Å².